The normalized spacial score (nSPS) is 12.6. The lowest BCUT2D eigenvalue weighted by Gasteiger charge is -2.11. The van der Waals surface area contributed by atoms with E-state index < -0.39 is 0 Å². The standard InChI is InChI=1S/C12H19N3O/c1-7(2)12(16)15-11-6-10(9(4)13)5-8(3)14-11/h5-7,9H,13H2,1-4H3,(H,14,15,16). The number of aromatic nitrogens is 1. The molecule has 1 atom stereocenters. The smallest absolute Gasteiger partial charge is 0.228 e. The van der Waals surface area contributed by atoms with Crippen LogP contribution in [0.4, 0.5) is 5.82 Å². The van der Waals surface area contributed by atoms with Crippen LogP contribution in [0.15, 0.2) is 12.1 Å². The highest BCUT2D eigenvalue weighted by Gasteiger charge is 2.10. The third-order valence-corrected chi connectivity index (χ3v) is 2.28. The van der Waals surface area contributed by atoms with Gasteiger partial charge in [-0.2, -0.15) is 0 Å². The summed E-state index contributed by atoms with van der Waals surface area (Å²) in [6.45, 7) is 7.48. The maximum Gasteiger partial charge on any atom is 0.228 e. The van der Waals surface area contributed by atoms with Crippen LogP contribution in [0.2, 0.25) is 0 Å². The Hall–Kier alpha value is -1.42. The molecule has 3 N–H and O–H groups in total. The minimum absolute atomic E-state index is 0.0336. The molecule has 0 bridgehead atoms. The highest BCUT2D eigenvalue weighted by molar-refractivity contribution is 5.91. The molecule has 1 rings (SSSR count). The van der Waals surface area contributed by atoms with Crippen molar-refractivity contribution in [1.82, 2.24) is 4.98 Å². The summed E-state index contributed by atoms with van der Waals surface area (Å²) in [5, 5.41) is 2.77. The second-order valence-electron chi connectivity index (χ2n) is 4.36. The van der Waals surface area contributed by atoms with E-state index in [9.17, 15) is 4.79 Å². The quantitative estimate of drug-likeness (QED) is 0.820. The van der Waals surface area contributed by atoms with E-state index in [0.717, 1.165) is 11.3 Å². The van der Waals surface area contributed by atoms with Crippen LogP contribution in [0.25, 0.3) is 0 Å². The van der Waals surface area contributed by atoms with Crippen LogP contribution in [0, 0.1) is 12.8 Å². The fourth-order valence-corrected chi connectivity index (χ4v) is 1.29. The van der Waals surface area contributed by atoms with E-state index >= 15 is 0 Å². The molecule has 0 saturated heterocycles. The Morgan fingerprint density at radius 3 is 2.50 bits per heavy atom. The zero-order valence-corrected chi connectivity index (χ0v) is 10.2. The monoisotopic (exact) mass is 221 g/mol. The number of anilines is 1. The third kappa shape index (κ3) is 3.31. The minimum Gasteiger partial charge on any atom is -0.324 e. The second-order valence-corrected chi connectivity index (χ2v) is 4.36. The molecule has 0 fully saturated rings. The van der Waals surface area contributed by atoms with E-state index in [1.807, 2.05) is 39.8 Å². The highest BCUT2D eigenvalue weighted by Crippen LogP contribution is 2.16. The summed E-state index contributed by atoms with van der Waals surface area (Å²) < 4.78 is 0. The lowest BCUT2D eigenvalue weighted by molar-refractivity contribution is -0.118. The molecule has 0 aliphatic rings. The first-order valence-electron chi connectivity index (χ1n) is 5.45. The van der Waals surface area contributed by atoms with Gasteiger partial charge in [-0.3, -0.25) is 4.79 Å². The van der Waals surface area contributed by atoms with E-state index in [1.165, 1.54) is 0 Å². The Kier molecular flexibility index (Phi) is 4.01. The first kappa shape index (κ1) is 12.6. The van der Waals surface area contributed by atoms with Gasteiger partial charge in [0.05, 0.1) is 0 Å². The molecule has 1 aromatic rings. The molecule has 0 aromatic carbocycles. The average molecular weight is 221 g/mol. The molecule has 4 nitrogen and oxygen atoms in total. The summed E-state index contributed by atoms with van der Waals surface area (Å²) in [5.74, 6) is 0.487. The molecule has 0 spiro atoms. The van der Waals surface area contributed by atoms with Gasteiger partial charge in [-0.15, -0.1) is 0 Å². The van der Waals surface area contributed by atoms with Gasteiger partial charge in [0, 0.05) is 17.7 Å². The van der Waals surface area contributed by atoms with Gasteiger partial charge in [0.1, 0.15) is 5.82 Å². The van der Waals surface area contributed by atoms with E-state index in [4.69, 9.17) is 5.73 Å². The van der Waals surface area contributed by atoms with Gasteiger partial charge in [-0.05, 0) is 31.5 Å². The van der Waals surface area contributed by atoms with Crippen LogP contribution < -0.4 is 11.1 Å². The molecule has 4 heteroatoms. The molecule has 88 valence electrons. The molecule has 16 heavy (non-hydrogen) atoms. The average Bonchev–Trinajstić information content (AvgIpc) is 2.16. The molecule has 0 aliphatic carbocycles. The summed E-state index contributed by atoms with van der Waals surface area (Å²) in [6.07, 6.45) is 0. The van der Waals surface area contributed by atoms with Crippen LogP contribution in [0.5, 0.6) is 0 Å². The Morgan fingerprint density at radius 2 is 2.00 bits per heavy atom. The first-order valence-corrected chi connectivity index (χ1v) is 5.45. The Bertz CT molecular complexity index is 386. The number of aryl methyl sites for hydroxylation is 1. The van der Waals surface area contributed by atoms with Crippen molar-refractivity contribution < 1.29 is 4.79 Å². The number of nitrogens with two attached hydrogens (primary N) is 1. The van der Waals surface area contributed by atoms with Crippen LogP contribution >= 0.6 is 0 Å². The molecule has 0 radical (unpaired) electrons. The van der Waals surface area contributed by atoms with Gasteiger partial charge >= 0.3 is 0 Å². The number of nitrogens with one attached hydrogen (secondary N) is 1. The topological polar surface area (TPSA) is 68.0 Å². The van der Waals surface area contributed by atoms with Crippen molar-refractivity contribution in [2.24, 2.45) is 11.7 Å². The molecule has 0 aliphatic heterocycles. The van der Waals surface area contributed by atoms with Gasteiger partial charge in [0.25, 0.3) is 0 Å². The fraction of sp³-hybridized carbons (Fsp3) is 0.500. The fourth-order valence-electron chi connectivity index (χ4n) is 1.29. The predicted octanol–water partition coefficient (Wildman–Crippen LogP) is 2.00. The van der Waals surface area contributed by atoms with Crippen molar-refractivity contribution in [1.29, 1.82) is 0 Å². The van der Waals surface area contributed by atoms with Crippen molar-refractivity contribution in [3.05, 3.63) is 23.4 Å². The van der Waals surface area contributed by atoms with Gasteiger partial charge in [0.2, 0.25) is 5.91 Å². The lowest BCUT2D eigenvalue weighted by atomic mass is 10.1. The molecular weight excluding hydrogens is 202 g/mol. The Morgan fingerprint density at radius 1 is 1.38 bits per heavy atom. The molecule has 0 saturated carbocycles. The maximum absolute atomic E-state index is 11.5. The number of nitrogens with zero attached hydrogens (tertiary/aromatic N) is 1. The van der Waals surface area contributed by atoms with Crippen LogP contribution in [-0.2, 0) is 4.79 Å². The Labute approximate surface area is 96.3 Å². The van der Waals surface area contributed by atoms with Gasteiger partial charge in [0.15, 0.2) is 0 Å². The predicted molar refractivity (Wildman–Crippen MR) is 65.0 cm³/mol. The first-order chi connectivity index (χ1) is 7.40. The number of hydrogen-bond acceptors (Lipinski definition) is 3. The van der Waals surface area contributed by atoms with E-state index in [1.54, 1.807) is 0 Å². The van der Waals surface area contributed by atoms with Gasteiger partial charge < -0.3 is 11.1 Å². The van der Waals surface area contributed by atoms with E-state index in [0.29, 0.717) is 5.82 Å². The number of carbonyl (C=O) groups excluding carboxylic acids is 1. The van der Waals surface area contributed by atoms with Crippen molar-refractivity contribution in [2.75, 3.05) is 5.32 Å². The third-order valence-electron chi connectivity index (χ3n) is 2.28. The van der Waals surface area contributed by atoms with Crippen LogP contribution in [0.3, 0.4) is 0 Å². The lowest BCUT2D eigenvalue weighted by Crippen LogP contribution is -2.19. The number of hydrogen-bond donors (Lipinski definition) is 2. The second kappa shape index (κ2) is 5.07. The van der Waals surface area contributed by atoms with Crippen molar-refractivity contribution in [3.8, 4) is 0 Å². The SMILES string of the molecule is Cc1cc(C(C)N)cc(NC(=O)C(C)C)n1. The molecule has 1 aromatic heterocycles. The number of amides is 1. The zero-order chi connectivity index (χ0) is 12.3. The number of carbonyl (C=O) groups is 1. The number of rotatable bonds is 3. The summed E-state index contributed by atoms with van der Waals surface area (Å²) in [4.78, 5) is 15.8. The number of pyridine rings is 1. The highest BCUT2D eigenvalue weighted by atomic mass is 16.1. The van der Waals surface area contributed by atoms with E-state index in [-0.39, 0.29) is 17.9 Å². The van der Waals surface area contributed by atoms with Gasteiger partial charge in [-0.1, -0.05) is 13.8 Å². The van der Waals surface area contributed by atoms with E-state index in [2.05, 4.69) is 10.3 Å². The summed E-state index contributed by atoms with van der Waals surface area (Å²) in [5.41, 5.74) is 7.64. The summed E-state index contributed by atoms with van der Waals surface area (Å²) in [7, 11) is 0. The molecule has 1 amide bonds. The molecule has 1 unspecified atom stereocenters. The summed E-state index contributed by atoms with van der Waals surface area (Å²) in [6, 6.07) is 3.68. The van der Waals surface area contributed by atoms with Crippen molar-refractivity contribution in [2.45, 2.75) is 33.7 Å². The van der Waals surface area contributed by atoms with Crippen LogP contribution in [-0.4, -0.2) is 10.9 Å². The minimum atomic E-state index is -0.0589. The molecule has 1 heterocycles. The summed E-state index contributed by atoms with van der Waals surface area (Å²) >= 11 is 0. The van der Waals surface area contributed by atoms with Crippen LogP contribution in [0.1, 0.15) is 38.1 Å². The Balaban J connectivity index is 2.92. The maximum atomic E-state index is 11.5. The zero-order valence-electron chi connectivity index (χ0n) is 10.2. The van der Waals surface area contributed by atoms with Gasteiger partial charge in [-0.25, -0.2) is 4.98 Å². The largest absolute Gasteiger partial charge is 0.324 e. The molecular formula is C12H19N3O. The van der Waals surface area contributed by atoms with Crippen molar-refractivity contribution >= 4 is 11.7 Å². The van der Waals surface area contributed by atoms with Crippen molar-refractivity contribution in [3.63, 3.8) is 0 Å².